The normalized spacial score (nSPS) is 23.1. The Morgan fingerprint density at radius 3 is 2.50 bits per heavy atom. The van der Waals surface area contributed by atoms with Crippen LogP contribution >= 0.6 is 0 Å². The van der Waals surface area contributed by atoms with E-state index in [1.54, 1.807) is 10.4 Å². The Morgan fingerprint density at radius 2 is 1.94 bits per heavy atom. The Labute approximate surface area is 110 Å². The Hall–Kier alpha value is -0.650. The smallest absolute Gasteiger partial charge is 0.239 e. The van der Waals surface area contributed by atoms with Crippen molar-refractivity contribution in [3.8, 4) is 0 Å². The second kappa shape index (κ2) is 5.99. The summed E-state index contributed by atoms with van der Waals surface area (Å²) in [5.74, 6) is 0. The van der Waals surface area contributed by atoms with Crippen molar-refractivity contribution < 1.29 is 8.42 Å². The molecule has 0 aromatic carbocycles. The summed E-state index contributed by atoms with van der Waals surface area (Å²) in [6, 6.07) is 0. The quantitative estimate of drug-likeness (QED) is 0.779. The summed E-state index contributed by atoms with van der Waals surface area (Å²) in [6.45, 7) is 6.20. The van der Waals surface area contributed by atoms with Crippen LogP contribution in [-0.4, -0.2) is 50.3 Å². The Morgan fingerprint density at radius 1 is 1.22 bits per heavy atom. The fourth-order valence-electron chi connectivity index (χ4n) is 2.47. The first-order valence-electron chi connectivity index (χ1n) is 6.73. The van der Waals surface area contributed by atoms with Crippen LogP contribution in [0.3, 0.4) is 0 Å². The third-order valence-electron chi connectivity index (χ3n) is 3.52. The van der Waals surface area contributed by atoms with Crippen LogP contribution in [0.2, 0.25) is 0 Å². The fraction of sp³-hybridized carbons (Fsp3) is 0.692. The highest BCUT2D eigenvalue weighted by molar-refractivity contribution is 7.93. The maximum absolute atomic E-state index is 12.4. The topological polar surface area (TPSA) is 40.6 Å². The van der Waals surface area contributed by atoms with Crippen LogP contribution in [0, 0.1) is 0 Å². The molecule has 0 amide bonds. The van der Waals surface area contributed by atoms with E-state index in [0.29, 0.717) is 24.4 Å². The van der Waals surface area contributed by atoms with Crippen LogP contribution in [-0.2, 0) is 10.0 Å². The lowest BCUT2D eigenvalue weighted by molar-refractivity contribution is 0.189. The minimum atomic E-state index is -3.21. The monoisotopic (exact) mass is 270 g/mol. The van der Waals surface area contributed by atoms with Gasteiger partial charge in [0.2, 0.25) is 10.0 Å². The molecule has 1 heterocycles. The molecule has 1 aliphatic heterocycles. The number of hydrogen-bond acceptors (Lipinski definition) is 3. The molecule has 0 aromatic heterocycles. The zero-order valence-corrected chi connectivity index (χ0v) is 11.8. The molecule has 0 saturated carbocycles. The lowest BCUT2D eigenvalue weighted by Gasteiger charge is -2.34. The van der Waals surface area contributed by atoms with Gasteiger partial charge in [-0.15, -0.1) is 0 Å². The van der Waals surface area contributed by atoms with E-state index in [2.05, 4.69) is 11.8 Å². The molecular formula is C13H22N2O2S. The molecule has 4 nitrogen and oxygen atoms in total. The van der Waals surface area contributed by atoms with E-state index in [4.69, 9.17) is 0 Å². The molecule has 0 bridgehead atoms. The Balaban J connectivity index is 2.00. The average molecular weight is 270 g/mol. The summed E-state index contributed by atoms with van der Waals surface area (Å²) in [5, 5.41) is 0. The van der Waals surface area contributed by atoms with Crippen molar-refractivity contribution >= 4 is 10.0 Å². The predicted molar refractivity (Wildman–Crippen MR) is 73.7 cm³/mol. The van der Waals surface area contributed by atoms with Gasteiger partial charge in [-0.1, -0.05) is 19.1 Å². The number of rotatable bonds is 4. The van der Waals surface area contributed by atoms with Crippen molar-refractivity contribution in [1.29, 1.82) is 0 Å². The van der Waals surface area contributed by atoms with Gasteiger partial charge in [0.25, 0.3) is 0 Å². The van der Waals surface area contributed by atoms with E-state index in [1.165, 1.54) is 0 Å². The summed E-state index contributed by atoms with van der Waals surface area (Å²) < 4.78 is 26.5. The molecular weight excluding hydrogens is 248 g/mol. The van der Waals surface area contributed by atoms with E-state index < -0.39 is 10.0 Å². The highest BCUT2D eigenvalue weighted by Gasteiger charge is 2.29. The number of sulfonamides is 1. The van der Waals surface area contributed by atoms with Gasteiger partial charge >= 0.3 is 0 Å². The zero-order chi connectivity index (χ0) is 13.0. The van der Waals surface area contributed by atoms with Gasteiger partial charge in [-0.3, -0.25) is 0 Å². The third-order valence-corrected chi connectivity index (χ3v) is 5.57. The van der Waals surface area contributed by atoms with E-state index in [9.17, 15) is 8.42 Å². The van der Waals surface area contributed by atoms with Gasteiger partial charge in [0, 0.05) is 26.2 Å². The van der Waals surface area contributed by atoms with E-state index >= 15 is 0 Å². The molecule has 1 aliphatic carbocycles. The molecule has 0 radical (unpaired) electrons. The minimum absolute atomic E-state index is 0.578. The molecule has 5 heteroatoms. The van der Waals surface area contributed by atoms with Crippen LogP contribution in [0.1, 0.15) is 26.2 Å². The summed E-state index contributed by atoms with van der Waals surface area (Å²) in [7, 11) is -3.21. The average Bonchev–Trinajstić information content (AvgIpc) is 2.41. The predicted octanol–water partition coefficient (Wildman–Crippen LogP) is 1.58. The molecule has 2 aliphatic rings. The standard InChI is InChI=1S/C13H22N2O2S/c1-2-8-14-9-11-15(12-10-14)18(16,17)13-6-4-3-5-7-13/h3-4,6H,2,5,7-12H2,1H3. The summed E-state index contributed by atoms with van der Waals surface area (Å²) >= 11 is 0. The first kappa shape index (κ1) is 13.8. The number of piperazine rings is 1. The summed E-state index contributed by atoms with van der Waals surface area (Å²) in [4.78, 5) is 2.91. The lowest BCUT2D eigenvalue weighted by atomic mass is 10.2. The second-order valence-electron chi connectivity index (χ2n) is 4.85. The van der Waals surface area contributed by atoms with Crippen LogP contribution in [0.15, 0.2) is 23.1 Å². The first-order chi connectivity index (χ1) is 8.64. The number of nitrogens with zero attached hydrogens (tertiary/aromatic N) is 2. The van der Waals surface area contributed by atoms with Gasteiger partial charge in [-0.2, -0.15) is 4.31 Å². The highest BCUT2D eigenvalue weighted by atomic mass is 32.2. The SMILES string of the molecule is CCCN1CCN(S(=O)(=O)C2=CC=CCC2)CC1. The van der Waals surface area contributed by atoms with Gasteiger partial charge < -0.3 is 4.90 Å². The van der Waals surface area contributed by atoms with Gasteiger partial charge in [0.15, 0.2) is 0 Å². The Bertz CT molecular complexity index is 432. The first-order valence-corrected chi connectivity index (χ1v) is 8.17. The summed E-state index contributed by atoms with van der Waals surface area (Å²) in [5.41, 5.74) is 0. The lowest BCUT2D eigenvalue weighted by Crippen LogP contribution is -2.48. The molecule has 0 unspecified atom stereocenters. The van der Waals surface area contributed by atoms with Crippen molar-refractivity contribution in [2.75, 3.05) is 32.7 Å². The minimum Gasteiger partial charge on any atom is -0.301 e. The molecule has 0 spiro atoms. The van der Waals surface area contributed by atoms with Crippen LogP contribution in [0.25, 0.3) is 0 Å². The largest absolute Gasteiger partial charge is 0.301 e. The molecule has 0 atom stereocenters. The molecule has 0 N–H and O–H groups in total. The fourth-order valence-corrected chi connectivity index (χ4v) is 4.07. The van der Waals surface area contributed by atoms with E-state index in [-0.39, 0.29) is 0 Å². The van der Waals surface area contributed by atoms with E-state index in [1.807, 2.05) is 12.2 Å². The van der Waals surface area contributed by atoms with E-state index in [0.717, 1.165) is 32.5 Å². The number of allylic oxidation sites excluding steroid dienone is 4. The van der Waals surface area contributed by atoms with Crippen molar-refractivity contribution in [1.82, 2.24) is 9.21 Å². The van der Waals surface area contributed by atoms with Crippen molar-refractivity contribution in [2.45, 2.75) is 26.2 Å². The molecule has 102 valence electrons. The maximum Gasteiger partial charge on any atom is 0.239 e. The third kappa shape index (κ3) is 3.02. The van der Waals surface area contributed by atoms with Crippen molar-refractivity contribution in [2.24, 2.45) is 0 Å². The van der Waals surface area contributed by atoms with Crippen LogP contribution in [0.5, 0.6) is 0 Å². The molecule has 2 rings (SSSR count). The van der Waals surface area contributed by atoms with Gasteiger partial charge in [-0.05, 0) is 31.9 Å². The molecule has 0 aromatic rings. The highest BCUT2D eigenvalue weighted by Crippen LogP contribution is 2.22. The number of hydrogen-bond donors (Lipinski definition) is 0. The van der Waals surface area contributed by atoms with Crippen LogP contribution in [0.4, 0.5) is 0 Å². The Kier molecular flexibility index (Phi) is 4.59. The molecule has 1 saturated heterocycles. The van der Waals surface area contributed by atoms with Gasteiger partial charge in [0.05, 0.1) is 4.91 Å². The van der Waals surface area contributed by atoms with Gasteiger partial charge in [-0.25, -0.2) is 8.42 Å². The molecule has 18 heavy (non-hydrogen) atoms. The zero-order valence-electron chi connectivity index (χ0n) is 11.0. The van der Waals surface area contributed by atoms with Crippen LogP contribution < -0.4 is 0 Å². The molecule has 1 fully saturated rings. The maximum atomic E-state index is 12.4. The second-order valence-corrected chi connectivity index (χ2v) is 6.84. The van der Waals surface area contributed by atoms with Gasteiger partial charge in [0.1, 0.15) is 0 Å². The van der Waals surface area contributed by atoms with Crippen molar-refractivity contribution in [3.05, 3.63) is 23.1 Å². The van der Waals surface area contributed by atoms with Crippen molar-refractivity contribution in [3.63, 3.8) is 0 Å². The summed E-state index contributed by atoms with van der Waals surface area (Å²) in [6.07, 6.45) is 8.22.